The highest BCUT2D eigenvalue weighted by Crippen LogP contribution is 2.35. The Hall–Kier alpha value is -1.30. The van der Waals surface area contributed by atoms with Gasteiger partial charge >= 0.3 is 12.1 Å². The van der Waals surface area contributed by atoms with Gasteiger partial charge in [0.2, 0.25) is 0 Å². The zero-order valence-electron chi connectivity index (χ0n) is 13.3. The summed E-state index contributed by atoms with van der Waals surface area (Å²) in [5.41, 5.74) is -1.55. The summed E-state index contributed by atoms with van der Waals surface area (Å²) in [6.07, 6.45) is 2.61. The predicted molar refractivity (Wildman–Crippen MR) is 77.9 cm³/mol. The van der Waals surface area contributed by atoms with E-state index in [-0.39, 0.29) is 18.1 Å². The first-order valence-corrected chi connectivity index (χ1v) is 7.68. The van der Waals surface area contributed by atoms with Crippen molar-refractivity contribution >= 4 is 12.1 Å². The average Bonchev–Trinajstić information content (AvgIpc) is 2.66. The van der Waals surface area contributed by atoms with Gasteiger partial charge in [-0.15, -0.1) is 0 Å². The minimum Gasteiger partial charge on any atom is -0.464 e. The van der Waals surface area contributed by atoms with E-state index in [0.29, 0.717) is 19.4 Å². The summed E-state index contributed by atoms with van der Waals surface area (Å²) in [6.45, 7) is 7.48. The second-order valence-corrected chi connectivity index (χ2v) is 6.98. The number of hydrogen-bond acceptors (Lipinski definition) is 5. The third kappa shape index (κ3) is 3.87. The quantitative estimate of drug-likeness (QED) is 0.776. The van der Waals surface area contributed by atoms with Crippen molar-refractivity contribution in [2.45, 2.75) is 76.6 Å². The molecule has 0 aromatic heterocycles. The van der Waals surface area contributed by atoms with E-state index in [1.807, 2.05) is 0 Å². The maximum atomic E-state index is 12.4. The normalized spacial score (nSPS) is 31.6. The lowest BCUT2D eigenvalue weighted by Crippen LogP contribution is -2.63. The first-order valence-electron chi connectivity index (χ1n) is 7.68. The van der Waals surface area contributed by atoms with Crippen molar-refractivity contribution in [3.05, 3.63) is 0 Å². The summed E-state index contributed by atoms with van der Waals surface area (Å²) >= 11 is 0. The van der Waals surface area contributed by atoms with Gasteiger partial charge in [0.25, 0.3) is 0 Å². The van der Waals surface area contributed by atoms with Gasteiger partial charge in [-0.3, -0.25) is 0 Å². The molecular weight excluding hydrogens is 272 g/mol. The minimum atomic E-state index is -0.963. The summed E-state index contributed by atoms with van der Waals surface area (Å²) < 4.78 is 10.5. The molecule has 2 saturated heterocycles. The van der Waals surface area contributed by atoms with E-state index in [9.17, 15) is 9.59 Å². The number of alkyl carbamates (subject to hydrolysis) is 1. The molecular formula is C15H26N2O4. The molecule has 2 fully saturated rings. The number of nitrogens with one attached hydrogen (secondary N) is 2. The molecule has 120 valence electrons. The van der Waals surface area contributed by atoms with E-state index in [2.05, 4.69) is 10.6 Å². The molecule has 21 heavy (non-hydrogen) atoms. The summed E-state index contributed by atoms with van der Waals surface area (Å²) in [7, 11) is 0. The predicted octanol–water partition coefficient (Wildman–Crippen LogP) is 1.73. The van der Waals surface area contributed by atoms with Crippen LogP contribution in [0.1, 0.15) is 53.4 Å². The number of carbonyl (C=O) groups excluding carboxylic acids is 2. The van der Waals surface area contributed by atoms with E-state index in [1.54, 1.807) is 27.7 Å². The number of piperidine rings is 1. The number of esters is 1. The van der Waals surface area contributed by atoms with Gasteiger partial charge in [0.15, 0.2) is 0 Å². The van der Waals surface area contributed by atoms with Crippen LogP contribution in [0.2, 0.25) is 0 Å². The van der Waals surface area contributed by atoms with E-state index in [1.165, 1.54) is 0 Å². The zero-order chi connectivity index (χ0) is 15.7. The summed E-state index contributed by atoms with van der Waals surface area (Å²) in [5.74, 6) is -0.353. The maximum absolute atomic E-state index is 12.4. The monoisotopic (exact) mass is 298 g/mol. The van der Waals surface area contributed by atoms with Crippen molar-refractivity contribution in [2.24, 2.45) is 0 Å². The first-order chi connectivity index (χ1) is 9.74. The minimum absolute atomic E-state index is 0.253. The number of amides is 1. The first kappa shape index (κ1) is 16.1. The van der Waals surface area contributed by atoms with E-state index in [0.717, 1.165) is 12.8 Å². The number of fused-ring (bicyclic) bond motifs is 2. The highest BCUT2D eigenvalue weighted by Gasteiger charge is 2.51. The topological polar surface area (TPSA) is 76.7 Å². The lowest BCUT2D eigenvalue weighted by Gasteiger charge is -2.39. The molecule has 0 radical (unpaired) electrons. The molecule has 2 atom stereocenters. The van der Waals surface area contributed by atoms with Gasteiger partial charge in [-0.2, -0.15) is 0 Å². The Morgan fingerprint density at radius 3 is 2.29 bits per heavy atom. The standard InChI is InChI=1S/C15H26N2O4/c1-5-20-12(18)15(17-13(19)21-14(2,3)4)8-10-6-7-11(9-15)16-10/h10-11,16H,5-9H2,1-4H3,(H,17,19). The van der Waals surface area contributed by atoms with Gasteiger partial charge < -0.3 is 20.1 Å². The van der Waals surface area contributed by atoms with Crippen LogP contribution in [-0.4, -0.2) is 41.9 Å². The van der Waals surface area contributed by atoms with Crippen LogP contribution < -0.4 is 10.6 Å². The van der Waals surface area contributed by atoms with Crippen LogP contribution in [0.5, 0.6) is 0 Å². The van der Waals surface area contributed by atoms with Crippen molar-refractivity contribution in [1.82, 2.24) is 10.6 Å². The van der Waals surface area contributed by atoms with Gasteiger partial charge in [0.05, 0.1) is 6.61 Å². The molecule has 6 nitrogen and oxygen atoms in total. The Morgan fingerprint density at radius 1 is 1.24 bits per heavy atom. The summed E-state index contributed by atoms with van der Waals surface area (Å²) in [6, 6.07) is 0.506. The zero-order valence-corrected chi connectivity index (χ0v) is 13.3. The Labute approximate surface area is 125 Å². The van der Waals surface area contributed by atoms with Crippen LogP contribution in [0.3, 0.4) is 0 Å². The smallest absolute Gasteiger partial charge is 0.408 e. The van der Waals surface area contributed by atoms with Crippen LogP contribution in [0.25, 0.3) is 0 Å². The number of carbonyl (C=O) groups is 2. The summed E-state index contributed by atoms with van der Waals surface area (Å²) in [4.78, 5) is 24.5. The number of hydrogen-bond donors (Lipinski definition) is 2. The van der Waals surface area contributed by atoms with Gasteiger partial charge in [-0.1, -0.05) is 0 Å². The molecule has 2 rings (SSSR count). The lowest BCUT2D eigenvalue weighted by molar-refractivity contribution is -0.153. The Balaban J connectivity index is 2.13. The molecule has 2 heterocycles. The molecule has 2 bridgehead atoms. The van der Waals surface area contributed by atoms with E-state index in [4.69, 9.17) is 9.47 Å². The third-order valence-corrected chi connectivity index (χ3v) is 3.93. The van der Waals surface area contributed by atoms with Gasteiger partial charge in [-0.05, 0) is 53.4 Å². The fourth-order valence-electron chi connectivity index (χ4n) is 3.24. The lowest BCUT2D eigenvalue weighted by atomic mass is 9.84. The molecule has 2 aliphatic heterocycles. The molecule has 2 N–H and O–H groups in total. The SMILES string of the molecule is CCOC(=O)C1(NC(=O)OC(C)(C)C)CC2CCC(C1)N2. The second-order valence-electron chi connectivity index (χ2n) is 6.98. The maximum Gasteiger partial charge on any atom is 0.408 e. The second kappa shape index (κ2) is 5.83. The van der Waals surface area contributed by atoms with Crippen molar-refractivity contribution in [3.63, 3.8) is 0 Å². The largest absolute Gasteiger partial charge is 0.464 e. The summed E-state index contributed by atoms with van der Waals surface area (Å²) in [5, 5.41) is 6.26. The highest BCUT2D eigenvalue weighted by molar-refractivity contribution is 5.86. The van der Waals surface area contributed by atoms with E-state index < -0.39 is 17.2 Å². The van der Waals surface area contributed by atoms with Crippen molar-refractivity contribution in [3.8, 4) is 0 Å². The molecule has 2 aliphatic rings. The Bertz CT molecular complexity index is 404. The van der Waals surface area contributed by atoms with Gasteiger partial charge in [0.1, 0.15) is 11.1 Å². The van der Waals surface area contributed by atoms with Crippen LogP contribution in [-0.2, 0) is 14.3 Å². The van der Waals surface area contributed by atoms with Crippen LogP contribution in [0.4, 0.5) is 4.79 Å². The van der Waals surface area contributed by atoms with E-state index >= 15 is 0 Å². The molecule has 0 aromatic rings. The molecule has 0 saturated carbocycles. The van der Waals surface area contributed by atoms with Crippen molar-refractivity contribution in [1.29, 1.82) is 0 Å². The molecule has 1 amide bonds. The van der Waals surface area contributed by atoms with Gasteiger partial charge in [0, 0.05) is 12.1 Å². The Kier molecular flexibility index (Phi) is 4.46. The Morgan fingerprint density at radius 2 is 1.81 bits per heavy atom. The molecule has 2 unspecified atom stereocenters. The van der Waals surface area contributed by atoms with Crippen molar-refractivity contribution < 1.29 is 19.1 Å². The average molecular weight is 298 g/mol. The van der Waals surface area contributed by atoms with Crippen molar-refractivity contribution in [2.75, 3.05) is 6.61 Å². The molecule has 0 aliphatic carbocycles. The highest BCUT2D eigenvalue weighted by atomic mass is 16.6. The van der Waals surface area contributed by atoms with Crippen LogP contribution in [0, 0.1) is 0 Å². The fraction of sp³-hybridized carbons (Fsp3) is 0.867. The number of ether oxygens (including phenoxy) is 2. The van der Waals surface area contributed by atoms with Gasteiger partial charge in [-0.25, -0.2) is 9.59 Å². The molecule has 0 spiro atoms. The van der Waals surface area contributed by atoms with Crippen LogP contribution in [0.15, 0.2) is 0 Å². The van der Waals surface area contributed by atoms with Crippen LogP contribution >= 0.6 is 0 Å². The number of rotatable bonds is 3. The molecule has 0 aromatic carbocycles. The molecule has 6 heteroatoms. The third-order valence-electron chi connectivity index (χ3n) is 3.93. The fourth-order valence-corrected chi connectivity index (χ4v) is 3.24.